The highest BCUT2D eigenvalue weighted by Crippen LogP contribution is 2.29. The third-order valence-electron chi connectivity index (χ3n) is 4.73. The molecule has 0 aromatic heterocycles. The van der Waals surface area contributed by atoms with Gasteiger partial charge in [0.05, 0.1) is 14.2 Å². The van der Waals surface area contributed by atoms with Gasteiger partial charge in [-0.1, -0.05) is 23.7 Å². The van der Waals surface area contributed by atoms with Crippen molar-refractivity contribution in [2.45, 2.75) is 43.0 Å². The number of hydroxylamine groups is 1. The van der Waals surface area contributed by atoms with Crippen molar-refractivity contribution < 1.29 is 22.8 Å². The van der Waals surface area contributed by atoms with Gasteiger partial charge in [0.1, 0.15) is 10.6 Å². The summed E-state index contributed by atoms with van der Waals surface area (Å²) in [4.78, 5) is 19.2. The van der Waals surface area contributed by atoms with Crippen LogP contribution in [0.5, 0.6) is 5.75 Å². The van der Waals surface area contributed by atoms with Crippen LogP contribution >= 0.6 is 0 Å². The number of carbonyl (C=O) groups is 1. The molecule has 140 valence electrons. The summed E-state index contributed by atoms with van der Waals surface area (Å²) in [5.74, 6) is -0.0214. The fourth-order valence-corrected chi connectivity index (χ4v) is 4.24. The molecule has 7 nitrogen and oxygen atoms in total. The van der Waals surface area contributed by atoms with E-state index in [4.69, 9.17) is 9.57 Å². The van der Waals surface area contributed by atoms with Gasteiger partial charge in [-0.25, -0.2) is 8.42 Å². The van der Waals surface area contributed by atoms with Crippen LogP contribution in [0.4, 0.5) is 0 Å². The lowest BCUT2D eigenvalue weighted by atomic mass is 9.94. The van der Waals surface area contributed by atoms with E-state index in [9.17, 15) is 13.2 Å². The van der Waals surface area contributed by atoms with Crippen molar-refractivity contribution in [3.63, 3.8) is 0 Å². The molecule has 1 amide bonds. The Kier molecular flexibility index (Phi) is 6.42. The molecule has 0 aliphatic heterocycles. The lowest BCUT2D eigenvalue weighted by Gasteiger charge is -2.31. The minimum atomic E-state index is -3.92. The summed E-state index contributed by atoms with van der Waals surface area (Å²) in [6.07, 6.45) is 5.39. The minimum absolute atomic E-state index is 0.0951. The molecule has 25 heavy (non-hydrogen) atoms. The Balaban J connectivity index is 2.36. The van der Waals surface area contributed by atoms with Crippen LogP contribution in [0.2, 0.25) is 0 Å². The number of ether oxygens (including phenoxy) is 1. The van der Waals surface area contributed by atoms with Gasteiger partial charge in [0.2, 0.25) is 0 Å². The highest BCUT2D eigenvalue weighted by atomic mass is 32.2. The smallest absolute Gasteiger partial charge is 0.268 e. The van der Waals surface area contributed by atoms with Gasteiger partial charge in [-0.2, -0.15) is 0 Å². The summed E-state index contributed by atoms with van der Waals surface area (Å²) in [6, 6.07) is 4.64. The predicted octanol–water partition coefficient (Wildman–Crippen LogP) is 2.28. The van der Waals surface area contributed by atoms with Crippen LogP contribution < -0.4 is 4.74 Å². The number of hydrogen-bond donors (Lipinski definition) is 0. The molecule has 0 radical (unpaired) electrons. The number of hydrogen-bond acceptors (Lipinski definition) is 5. The molecular weight excluding hydrogens is 344 g/mol. The van der Waals surface area contributed by atoms with Crippen LogP contribution in [0.15, 0.2) is 23.1 Å². The quantitative estimate of drug-likeness (QED) is 0.718. The normalized spacial score (nSPS) is 16.0. The van der Waals surface area contributed by atoms with E-state index in [2.05, 4.69) is 0 Å². The van der Waals surface area contributed by atoms with Crippen molar-refractivity contribution in [3.8, 4) is 5.75 Å². The number of sulfonamides is 1. The van der Waals surface area contributed by atoms with Gasteiger partial charge >= 0.3 is 0 Å². The Hall–Kier alpha value is -1.64. The molecule has 2 rings (SSSR count). The van der Waals surface area contributed by atoms with Crippen molar-refractivity contribution in [1.82, 2.24) is 9.37 Å². The average molecular weight is 370 g/mol. The molecule has 0 bridgehead atoms. The number of rotatable bonds is 6. The molecule has 1 aliphatic rings. The molecule has 0 atom stereocenters. The average Bonchev–Trinajstić information content (AvgIpc) is 2.66. The lowest BCUT2D eigenvalue weighted by molar-refractivity contribution is -0.0259. The predicted molar refractivity (Wildman–Crippen MR) is 93.9 cm³/mol. The molecule has 1 aliphatic carbocycles. The van der Waals surface area contributed by atoms with Gasteiger partial charge in [0.15, 0.2) is 0 Å². The third-order valence-corrected chi connectivity index (χ3v) is 6.43. The Morgan fingerprint density at radius 1 is 1.12 bits per heavy atom. The number of benzene rings is 1. The van der Waals surface area contributed by atoms with Crippen LogP contribution in [0, 0.1) is 0 Å². The van der Waals surface area contributed by atoms with E-state index in [-0.39, 0.29) is 22.6 Å². The van der Waals surface area contributed by atoms with E-state index in [1.807, 2.05) is 0 Å². The van der Waals surface area contributed by atoms with Gasteiger partial charge in [0, 0.05) is 25.7 Å². The van der Waals surface area contributed by atoms with Crippen molar-refractivity contribution in [1.29, 1.82) is 0 Å². The van der Waals surface area contributed by atoms with E-state index < -0.39 is 10.0 Å². The molecule has 1 aromatic rings. The highest BCUT2D eigenvalue weighted by molar-refractivity contribution is 7.89. The molecule has 0 spiro atoms. The first kappa shape index (κ1) is 19.7. The summed E-state index contributed by atoms with van der Waals surface area (Å²) in [5.41, 5.74) is 0.317. The maximum Gasteiger partial charge on any atom is 0.268 e. The first-order chi connectivity index (χ1) is 11.8. The SMILES string of the molecule is COc1ccc(C(=O)N(C)C2CCCCC2)cc1S(=O)(=O)N(C)OC. The Morgan fingerprint density at radius 2 is 1.76 bits per heavy atom. The second-order valence-corrected chi connectivity index (χ2v) is 8.08. The topological polar surface area (TPSA) is 76.2 Å². The van der Waals surface area contributed by atoms with Crippen molar-refractivity contribution in [3.05, 3.63) is 23.8 Å². The molecule has 8 heteroatoms. The standard InChI is InChI=1S/C17H26N2O5S/c1-18(14-8-6-5-7-9-14)17(20)13-10-11-15(23-3)16(12-13)25(21,22)19(2)24-4/h10-12,14H,5-9H2,1-4H3. The van der Waals surface area contributed by atoms with Gasteiger partial charge in [0.25, 0.3) is 15.9 Å². The van der Waals surface area contributed by atoms with Gasteiger partial charge in [-0.3, -0.25) is 9.63 Å². The van der Waals surface area contributed by atoms with E-state index >= 15 is 0 Å². The molecule has 0 unspecified atom stereocenters. The van der Waals surface area contributed by atoms with Crippen molar-refractivity contribution in [2.24, 2.45) is 0 Å². The number of nitrogens with zero attached hydrogens (tertiary/aromatic N) is 2. The van der Waals surface area contributed by atoms with E-state index in [1.165, 1.54) is 39.8 Å². The summed E-state index contributed by atoms with van der Waals surface area (Å²) in [6.45, 7) is 0. The van der Waals surface area contributed by atoms with Crippen LogP contribution in [-0.4, -0.2) is 58.1 Å². The fourth-order valence-electron chi connectivity index (χ4n) is 3.09. The zero-order valence-corrected chi connectivity index (χ0v) is 16.0. The van der Waals surface area contributed by atoms with Crippen molar-refractivity contribution in [2.75, 3.05) is 28.3 Å². The largest absolute Gasteiger partial charge is 0.495 e. The van der Waals surface area contributed by atoms with Gasteiger partial charge in [-0.05, 0) is 31.0 Å². The number of amides is 1. The second-order valence-electron chi connectivity index (χ2n) is 6.17. The summed E-state index contributed by atoms with van der Waals surface area (Å²) < 4.78 is 31.1. The maximum absolute atomic E-state index is 12.8. The summed E-state index contributed by atoms with van der Waals surface area (Å²) >= 11 is 0. The van der Waals surface area contributed by atoms with Gasteiger partial charge in [-0.15, -0.1) is 0 Å². The van der Waals surface area contributed by atoms with Crippen LogP contribution in [-0.2, 0) is 14.9 Å². The lowest BCUT2D eigenvalue weighted by Crippen LogP contribution is -2.38. The summed E-state index contributed by atoms with van der Waals surface area (Å²) in [5, 5.41) is 0. The van der Waals surface area contributed by atoms with Crippen LogP contribution in [0.25, 0.3) is 0 Å². The molecule has 0 heterocycles. The van der Waals surface area contributed by atoms with Gasteiger partial charge < -0.3 is 9.64 Å². The minimum Gasteiger partial charge on any atom is -0.495 e. The zero-order chi connectivity index (χ0) is 18.6. The van der Waals surface area contributed by atoms with Crippen LogP contribution in [0.1, 0.15) is 42.5 Å². The third kappa shape index (κ3) is 4.13. The number of methoxy groups -OCH3 is 1. The van der Waals surface area contributed by atoms with Crippen LogP contribution in [0.3, 0.4) is 0 Å². The number of carbonyl (C=O) groups excluding carboxylic acids is 1. The highest BCUT2D eigenvalue weighted by Gasteiger charge is 2.28. The molecule has 0 saturated heterocycles. The molecule has 1 saturated carbocycles. The first-order valence-corrected chi connectivity index (χ1v) is 9.75. The molecule has 1 aromatic carbocycles. The fraction of sp³-hybridized carbons (Fsp3) is 0.588. The van der Waals surface area contributed by atoms with E-state index in [1.54, 1.807) is 18.0 Å². The van der Waals surface area contributed by atoms with E-state index in [0.717, 1.165) is 30.2 Å². The Bertz CT molecular complexity index is 714. The van der Waals surface area contributed by atoms with Crippen molar-refractivity contribution >= 4 is 15.9 Å². The Labute approximate surface area is 149 Å². The zero-order valence-electron chi connectivity index (χ0n) is 15.2. The Morgan fingerprint density at radius 3 is 2.32 bits per heavy atom. The molecule has 1 fully saturated rings. The second kappa shape index (κ2) is 8.16. The first-order valence-electron chi connectivity index (χ1n) is 8.31. The summed E-state index contributed by atoms with van der Waals surface area (Å²) in [7, 11) is 1.79. The molecular formula is C17H26N2O5S. The monoisotopic (exact) mass is 370 g/mol. The molecule has 0 N–H and O–H groups in total. The van der Waals surface area contributed by atoms with E-state index in [0.29, 0.717) is 5.56 Å². The maximum atomic E-state index is 12.8.